The first kappa shape index (κ1) is 12.0. The van der Waals surface area contributed by atoms with Gasteiger partial charge in [0.1, 0.15) is 5.75 Å². The molecule has 0 radical (unpaired) electrons. The van der Waals surface area contributed by atoms with Crippen molar-refractivity contribution in [3.63, 3.8) is 0 Å². The zero-order chi connectivity index (χ0) is 13.4. The van der Waals surface area contributed by atoms with Crippen LogP contribution in [0.4, 0.5) is 0 Å². The summed E-state index contributed by atoms with van der Waals surface area (Å²) in [7, 11) is 1.70. The van der Waals surface area contributed by atoms with Crippen LogP contribution in [-0.4, -0.2) is 7.11 Å². The summed E-state index contributed by atoms with van der Waals surface area (Å²) in [6, 6.07) is 17.1. The molecule has 1 aliphatic carbocycles. The van der Waals surface area contributed by atoms with Gasteiger partial charge >= 0.3 is 0 Å². The molecule has 1 unspecified atom stereocenters. The fourth-order valence-corrected chi connectivity index (χ4v) is 2.91. The molecule has 19 heavy (non-hydrogen) atoms. The van der Waals surface area contributed by atoms with Gasteiger partial charge in [-0.15, -0.1) is 0 Å². The van der Waals surface area contributed by atoms with Crippen molar-refractivity contribution in [1.82, 2.24) is 0 Å². The van der Waals surface area contributed by atoms with Crippen molar-refractivity contribution in [3.05, 3.63) is 70.8 Å². The average Bonchev–Trinajstić information content (AvgIpc) is 2.72. The Morgan fingerprint density at radius 3 is 2.32 bits per heavy atom. The van der Waals surface area contributed by atoms with Gasteiger partial charge in [0.25, 0.3) is 0 Å². The molecule has 1 heteroatoms. The first-order valence-electron chi connectivity index (χ1n) is 6.67. The molecule has 0 amide bonds. The molecule has 96 valence electrons. The summed E-state index contributed by atoms with van der Waals surface area (Å²) in [4.78, 5) is 0. The molecule has 0 saturated heterocycles. The van der Waals surface area contributed by atoms with E-state index in [0.717, 1.165) is 5.75 Å². The minimum absolute atomic E-state index is 0.508. The van der Waals surface area contributed by atoms with Gasteiger partial charge in [-0.2, -0.15) is 0 Å². The number of fused-ring (bicyclic) bond motifs is 1. The van der Waals surface area contributed by atoms with E-state index in [9.17, 15) is 0 Å². The zero-order valence-electron chi connectivity index (χ0n) is 11.6. The molecule has 0 aromatic heterocycles. The van der Waals surface area contributed by atoms with Gasteiger partial charge in [-0.1, -0.05) is 48.9 Å². The first-order valence-corrected chi connectivity index (χ1v) is 6.67. The molecular weight excluding hydrogens is 232 g/mol. The molecule has 0 heterocycles. The molecule has 0 aliphatic heterocycles. The van der Waals surface area contributed by atoms with E-state index >= 15 is 0 Å². The van der Waals surface area contributed by atoms with E-state index in [2.05, 4.69) is 50.2 Å². The van der Waals surface area contributed by atoms with Gasteiger partial charge in [-0.25, -0.2) is 0 Å². The van der Waals surface area contributed by atoms with Gasteiger partial charge in [-0.3, -0.25) is 0 Å². The third-order valence-corrected chi connectivity index (χ3v) is 4.12. The van der Waals surface area contributed by atoms with Crippen molar-refractivity contribution >= 4 is 5.57 Å². The second kappa shape index (κ2) is 4.58. The highest BCUT2D eigenvalue weighted by Crippen LogP contribution is 2.44. The Balaban J connectivity index is 2.13. The number of rotatable bonds is 2. The molecule has 3 rings (SSSR count). The Labute approximate surface area is 114 Å². The van der Waals surface area contributed by atoms with Crippen LogP contribution in [0.25, 0.3) is 5.57 Å². The second-order valence-corrected chi connectivity index (χ2v) is 5.10. The zero-order valence-corrected chi connectivity index (χ0v) is 11.6. The maximum atomic E-state index is 5.23. The predicted octanol–water partition coefficient (Wildman–Crippen LogP) is 4.63. The predicted molar refractivity (Wildman–Crippen MR) is 79.5 cm³/mol. The summed E-state index contributed by atoms with van der Waals surface area (Å²) in [5.74, 6) is 1.41. The summed E-state index contributed by atoms with van der Waals surface area (Å²) in [6.45, 7) is 4.52. The van der Waals surface area contributed by atoms with E-state index in [1.165, 1.54) is 27.8 Å². The fraction of sp³-hybridized carbons (Fsp3) is 0.222. The van der Waals surface area contributed by atoms with Gasteiger partial charge in [0.05, 0.1) is 7.11 Å². The van der Waals surface area contributed by atoms with Crippen LogP contribution in [0, 0.1) is 0 Å². The number of hydrogen-bond acceptors (Lipinski definition) is 1. The lowest BCUT2D eigenvalue weighted by Gasteiger charge is -2.08. The largest absolute Gasteiger partial charge is 0.497 e. The van der Waals surface area contributed by atoms with E-state index in [-0.39, 0.29) is 0 Å². The smallest absolute Gasteiger partial charge is 0.118 e. The van der Waals surface area contributed by atoms with Gasteiger partial charge < -0.3 is 4.74 Å². The SMILES string of the molecule is COc1ccc(C2=C(C)C(C)c3ccccc32)cc1. The van der Waals surface area contributed by atoms with Crippen LogP contribution in [0.3, 0.4) is 0 Å². The molecule has 1 nitrogen and oxygen atoms in total. The van der Waals surface area contributed by atoms with Gasteiger partial charge in [0.2, 0.25) is 0 Å². The highest BCUT2D eigenvalue weighted by atomic mass is 16.5. The van der Waals surface area contributed by atoms with Crippen LogP contribution in [-0.2, 0) is 0 Å². The van der Waals surface area contributed by atoms with E-state index in [4.69, 9.17) is 4.74 Å². The van der Waals surface area contributed by atoms with Gasteiger partial charge in [-0.05, 0) is 41.3 Å². The number of hydrogen-bond donors (Lipinski definition) is 0. The molecule has 2 aromatic carbocycles. The molecule has 0 bridgehead atoms. The third kappa shape index (κ3) is 1.86. The Kier molecular flexibility index (Phi) is 2.90. The highest BCUT2D eigenvalue weighted by molar-refractivity contribution is 5.88. The van der Waals surface area contributed by atoms with Crippen LogP contribution in [0.1, 0.15) is 36.5 Å². The fourth-order valence-electron chi connectivity index (χ4n) is 2.91. The summed E-state index contributed by atoms with van der Waals surface area (Å²) in [5, 5.41) is 0. The van der Waals surface area contributed by atoms with Crippen LogP contribution in [0.2, 0.25) is 0 Å². The third-order valence-electron chi connectivity index (χ3n) is 4.12. The lowest BCUT2D eigenvalue weighted by Crippen LogP contribution is -1.88. The monoisotopic (exact) mass is 250 g/mol. The van der Waals surface area contributed by atoms with Crippen LogP contribution >= 0.6 is 0 Å². The molecule has 1 atom stereocenters. The summed E-state index contributed by atoms with van der Waals surface area (Å²) in [6.07, 6.45) is 0. The van der Waals surface area contributed by atoms with Crippen molar-refractivity contribution in [1.29, 1.82) is 0 Å². The minimum atomic E-state index is 0.508. The van der Waals surface area contributed by atoms with E-state index < -0.39 is 0 Å². The lowest BCUT2D eigenvalue weighted by atomic mass is 9.98. The van der Waals surface area contributed by atoms with E-state index in [0.29, 0.717) is 5.92 Å². The van der Waals surface area contributed by atoms with Crippen LogP contribution < -0.4 is 4.74 Å². The maximum absolute atomic E-state index is 5.23. The quantitative estimate of drug-likeness (QED) is 0.754. The number of allylic oxidation sites excluding steroid dienone is 1. The summed E-state index contributed by atoms with van der Waals surface area (Å²) >= 11 is 0. The Hall–Kier alpha value is -2.02. The standard InChI is InChI=1S/C18H18O/c1-12-13(2)18(17-7-5-4-6-16(12)17)14-8-10-15(19-3)11-9-14/h4-12H,1-3H3. The average molecular weight is 250 g/mol. The number of ether oxygens (including phenoxy) is 1. The maximum Gasteiger partial charge on any atom is 0.118 e. The lowest BCUT2D eigenvalue weighted by molar-refractivity contribution is 0.415. The molecule has 0 saturated carbocycles. The van der Waals surface area contributed by atoms with Gasteiger partial charge in [0, 0.05) is 5.92 Å². The molecule has 0 spiro atoms. The summed E-state index contributed by atoms with van der Waals surface area (Å²) in [5.41, 5.74) is 6.91. The topological polar surface area (TPSA) is 9.23 Å². The number of benzene rings is 2. The Morgan fingerprint density at radius 1 is 0.947 bits per heavy atom. The van der Waals surface area contributed by atoms with Crippen molar-refractivity contribution in [2.45, 2.75) is 19.8 Å². The van der Waals surface area contributed by atoms with E-state index in [1.54, 1.807) is 7.11 Å². The van der Waals surface area contributed by atoms with Gasteiger partial charge in [0.15, 0.2) is 0 Å². The first-order chi connectivity index (χ1) is 9.22. The number of methoxy groups -OCH3 is 1. The van der Waals surface area contributed by atoms with Crippen molar-refractivity contribution in [2.24, 2.45) is 0 Å². The van der Waals surface area contributed by atoms with Crippen LogP contribution in [0.5, 0.6) is 5.75 Å². The normalized spacial score (nSPS) is 17.5. The summed E-state index contributed by atoms with van der Waals surface area (Å²) < 4.78 is 5.23. The van der Waals surface area contributed by atoms with Crippen molar-refractivity contribution < 1.29 is 4.74 Å². The van der Waals surface area contributed by atoms with E-state index in [1.807, 2.05) is 12.1 Å². The Morgan fingerprint density at radius 2 is 1.63 bits per heavy atom. The van der Waals surface area contributed by atoms with Crippen molar-refractivity contribution in [2.75, 3.05) is 7.11 Å². The molecule has 0 fully saturated rings. The van der Waals surface area contributed by atoms with Crippen molar-refractivity contribution in [3.8, 4) is 5.75 Å². The molecule has 1 aliphatic rings. The Bertz CT molecular complexity index is 635. The highest BCUT2D eigenvalue weighted by Gasteiger charge is 2.25. The van der Waals surface area contributed by atoms with Crippen LogP contribution in [0.15, 0.2) is 54.1 Å². The molecular formula is C18H18O. The minimum Gasteiger partial charge on any atom is -0.497 e. The second-order valence-electron chi connectivity index (χ2n) is 5.10. The molecule has 2 aromatic rings. The molecule has 0 N–H and O–H groups in total.